The highest BCUT2D eigenvalue weighted by Gasteiger charge is 2.11. The van der Waals surface area contributed by atoms with E-state index in [2.05, 4.69) is 19.7 Å². The molecule has 0 radical (unpaired) electrons. The van der Waals surface area contributed by atoms with Gasteiger partial charge in [0.05, 0.1) is 15.7 Å². The van der Waals surface area contributed by atoms with Gasteiger partial charge in [-0.3, -0.25) is 0 Å². The molecule has 1 aromatic heterocycles. The monoisotopic (exact) mass is 268 g/mol. The van der Waals surface area contributed by atoms with Gasteiger partial charge in [-0.05, 0) is 18.2 Å². The lowest BCUT2D eigenvalue weighted by atomic mass is 10.2. The van der Waals surface area contributed by atoms with Gasteiger partial charge in [0, 0.05) is 23.6 Å². The Kier molecular flexibility index (Phi) is 4.27. The quantitative estimate of drug-likeness (QED) is 0.772. The number of nitrogens with two attached hydrogens (primary N) is 1. The van der Waals surface area contributed by atoms with E-state index >= 15 is 0 Å². The highest BCUT2D eigenvalue weighted by molar-refractivity contribution is 6.45. The second-order valence-electron chi connectivity index (χ2n) is 3.41. The van der Waals surface area contributed by atoms with Gasteiger partial charge >= 0.3 is 0 Å². The van der Waals surface area contributed by atoms with Gasteiger partial charge in [-0.2, -0.15) is 0 Å². The van der Waals surface area contributed by atoms with Crippen molar-refractivity contribution in [2.75, 3.05) is 0 Å². The van der Waals surface area contributed by atoms with Crippen LogP contribution in [0, 0.1) is 0 Å². The number of benzene rings is 1. The van der Waals surface area contributed by atoms with Gasteiger partial charge in [0.2, 0.25) is 0 Å². The second kappa shape index (κ2) is 5.30. The van der Waals surface area contributed by atoms with E-state index in [0.29, 0.717) is 15.7 Å². The maximum Gasteiger partial charge on any atom is 0.0686 e. The Hall–Kier alpha value is -1.38. The number of hydrogen-bond acceptors (Lipinski definition) is 1. The number of hydrogen-bond donors (Lipinski definition) is 1. The topological polar surface area (TPSA) is 30.9 Å². The Balaban J connectivity index is 0.000000686. The number of aryl methyl sites for hydroxylation is 1. The molecule has 17 heavy (non-hydrogen) atoms. The molecule has 0 aliphatic rings. The lowest BCUT2D eigenvalue weighted by Gasteiger charge is -2.02. The summed E-state index contributed by atoms with van der Waals surface area (Å²) in [5, 5.41) is 1.99. The van der Waals surface area contributed by atoms with Crippen molar-refractivity contribution < 1.29 is 0 Å². The Labute approximate surface area is 111 Å². The third-order valence-electron chi connectivity index (χ3n) is 2.44. The van der Waals surface area contributed by atoms with E-state index in [1.807, 2.05) is 23.7 Å². The molecular weight excluding hydrogens is 255 g/mol. The molecule has 0 saturated heterocycles. The summed E-state index contributed by atoms with van der Waals surface area (Å²) >= 11 is 12.0. The van der Waals surface area contributed by atoms with Crippen molar-refractivity contribution >= 4 is 39.8 Å². The van der Waals surface area contributed by atoms with E-state index in [4.69, 9.17) is 28.9 Å². The molecule has 0 aliphatic heterocycles. The van der Waals surface area contributed by atoms with Crippen molar-refractivity contribution in [1.29, 1.82) is 0 Å². The number of fused-ring (bicyclic) bond motifs is 1. The molecule has 90 valence electrons. The van der Waals surface area contributed by atoms with E-state index in [9.17, 15) is 0 Å². The highest BCUT2D eigenvalue weighted by atomic mass is 35.5. The summed E-state index contributed by atoms with van der Waals surface area (Å²) in [6.07, 6.45) is 0. The zero-order valence-electron chi connectivity index (χ0n) is 9.63. The SMILES string of the molecule is C=C.C=C(N)c1cc2c(Cl)c(Cl)ccc2n1C. The van der Waals surface area contributed by atoms with E-state index in [1.54, 1.807) is 6.07 Å². The fourth-order valence-electron chi connectivity index (χ4n) is 1.66. The molecule has 2 nitrogen and oxygen atoms in total. The largest absolute Gasteiger partial charge is 0.398 e. The molecule has 1 aromatic carbocycles. The van der Waals surface area contributed by atoms with E-state index in [-0.39, 0.29) is 0 Å². The molecule has 0 atom stereocenters. The predicted octanol–water partition coefficient (Wildman–Crippen LogP) is 4.22. The van der Waals surface area contributed by atoms with Crippen molar-refractivity contribution in [3.8, 4) is 0 Å². The summed E-state index contributed by atoms with van der Waals surface area (Å²) in [7, 11) is 1.92. The fraction of sp³-hybridized carbons (Fsp3) is 0.0769. The van der Waals surface area contributed by atoms with Gasteiger partial charge in [0.1, 0.15) is 0 Å². The molecule has 0 spiro atoms. The minimum Gasteiger partial charge on any atom is -0.398 e. The van der Waals surface area contributed by atoms with Crippen molar-refractivity contribution in [2.45, 2.75) is 0 Å². The zero-order chi connectivity index (χ0) is 13.2. The van der Waals surface area contributed by atoms with Crippen molar-refractivity contribution in [2.24, 2.45) is 12.8 Å². The molecule has 0 fully saturated rings. The molecular formula is C13H14Cl2N2. The van der Waals surface area contributed by atoms with Gasteiger partial charge in [-0.1, -0.05) is 29.8 Å². The van der Waals surface area contributed by atoms with Crippen LogP contribution in [0.25, 0.3) is 16.6 Å². The van der Waals surface area contributed by atoms with Gasteiger partial charge in [-0.25, -0.2) is 0 Å². The standard InChI is InChI=1S/C11H10Cl2N2.C2H4/c1-6(14)10-5-7-9(15(10)2)4-3-8(12)11(7)13;1-2/h3-5H,1,14H2,2H3;1-2H2. The molecule has 4 heteroatoms. The van der Waals surface area contributed by atoms with Crippen LogP contribution >= 0.6 is 23.2 Å². The number of aromatic nitrogens is 1. The number of halogens is 2. The molecule has 0 aliphatic carbocycles. The number of nitrogens with zero attached hydrogens (tertiary/aromatic N) is 1. The first kappa shape index (κ1) is 13.7. The van der Waals surface area contributed by atoms with Gasteiger partial charge in [-0.15, -0.1) is 13.2 Å². The molecule has 0 bridgehead atoms. The van der Waals surface area contributed by atoms with Gasteiger partial charge < -0.3 is 10.3 Å². The first-order valence-corrected chi connectivity index (χ1v) is 5.66. The summed E-state index contributed by atoms with van der Waals surface area (Å²) in [4.78, 5) is 0. The molecule has 2 rings (SSSR count). The van der Waals surface area contributed by atoms with Crippen LogP contribution in [0.3, 0.4) is 0 Å². The van der Waals surface area contributed by atoms with E-state index in [1.165, 1.54) is 0 Å². The van der Waals surface area contributed by atoms with Gasteiger partial charge in [0.25, 0.3) is 0 Å². The molecule has 0 amide bonds. The normalized spacial score (nSPS) is 9.82. The molecule has 0 saturated carbocycles. The molecule has 1 heterocycles. The summed E-state index contributed by atoms with van der Waals surface area (Å²) in [5.41, 5.74) is 8.04. The van der Waals surface area contributed by atoms with Crippen LogP contribution < -0.4 is 5.73 Å². The minimum absolute atomic E-state index is 0.515. The smallest absolute Gasteiger partial charge is 0.0686 e. The Morgan fingerprint density at radius 3 is 2.41 bits per heavy atom. The Morgan fingerprint density at radius 2 is 1.88 bits per heavy atom. The predicted molar refractivity (Wildman–Crippen MR) is 77.4 cm³/mol. The maximum atomic E-state index is 6.10. The summed E-state index contributed by atoms with van der Waals surface area (Å²) in [5.74, 6) is 0. The third kappa shape index (κ3) is 2.33. The summed E-state index contributed by atoms with van der Waals surface area (Å²) < 4.78 is 1.94. The van der Waals surface area contributed by atoms with Crippen LogP contribution in [0.15, 0.2) is 37.9 Å². The molecule has 2 N–H and O–H groups in total. The molecule has 2 aromatic rings. The zero-order valence-corrected chi connectivity index (χ0v) is 11.1. The fourth-order valence-corrected chi connectivity index (χ4v) is 2.04. The summed E-state index contributed by atoms with van der Waals surface area (Å²) in [6.45, 7) is 9.71. The molecule has 0 unspecified atom stereocenters. The van der Waals surface area contributed by atoms with Crippen LogP contribution in [0.4, 0.5) is 0 Å². The first-order chi connectivity index (χ1) is 8.02. The van der Waals surface area contributed by atoms with Crippen molar-refractivity contribution in [3.63, 3.8) is 0 Å². The van der Waals surface area contributed by atoms with Crippen LogP contribution in [0.5, 0.6) is 0 Å². The van der Waals surface area contributed by atoms with Crippen molar-refractivity contribution in [1.82, 2.24) is 4.57 Å². The van der Waals surface area contributed by atoms with Gasteiger partial charge in [0.15, 0.2) is 0 Å². The summed E-state index contributed by atoms with van der Waals surface area (Å²) in [6, 6.07) is 5.58. The van der Waals surface area contributed by atoms with Crippen LogP contribution in [-0.2, 0) is 7.05 Å². The average molecular weight is 269 g/mol. The minimum atomic E-state index is 0.515. The number of rotatable bonds is 1. The second-order valence-corrected chi connectivity index (χ2v) is 4.19. The van der Waals surface area contributed by atoms with Crippen LogP contribution in [-0.4, -0.2) is 4.57 Å². The third-order valence-corrected chi connectivity index (χ3v) is 3.26. The van der Waals surface area contributed by atoms with E-state index < -0.39 is 0 Å². The maximum absolute atomic E-state index is 6.10. The van der Waals surface area contributed by atoms with Crippen LogP contribution in [0.2, 0.25) is 10.0 Å². The Bertz CT molecular complexity index is 570. The highest BCUT2D eigenvalue weighted by Crippen LogP contribution is 2.33. The van der Waals surface area contributed by atoms with Crippen LogP contribution in [0.1, 0.15) is 5.69 Å². The van der Waals surface area contributed by atoms with E-state index in [0.717, 1.165) is 16.6 Å². The van der Waals surface area contributed by atoms with Crippen molar-refractivity contribution in [3.05, 3.63) is 53.7 Å². The Morgan fingerprint density at radius 1 is 1.29 bits per heavy atom. The first-order valence-electron chi connectivity index (χ1n) is 4.90. The lowest BCUT2D eigenvalue weighted by molar-refractivity contribution is 0.945. The lowest BCUT2D eigenvalue weighted by Crippen LogP contribution is -2.00. The average Bonchev–Trinajstić information content (AvgIpc) is 2.65.